The van der Waals surface area contributed by atoms with E-state index >= 15 is 0 Å². The van der Waals surface area contributed by atoms with E-state index in [1.807, 2.05) is 25.9 Å². The third-order valence-corrected chi connectivity index (χ3v) is 2.13. The Morgan fingerprint density at radius 3 is 1.88 bits per heavy atom. The van der Waals surface area contributed by atoms with Crippen LogP contribution in [0.2, 0.25) is 0 Å². The third-order valence-electron chi connectivity index (χ3n) is 0.677. The molecule has 0 heterocycles. The van der Waals surface area contributed by atoms with Crippen LogP contribution >= 0.6 is 34.2 Å². The van der Waals surface area contributed by atoms with Gasteiger partial charge in [-0.2, -0.15) is 0 Å². The summed E-state index contributed by atoms with van der Waals surface area (Å²) in [4.78, 5) is 1.88. The van der Waals surface area contributed by atoms with Gasteiger partial charge in [-0.1, -0.05) is 11.6 Å². The van der Waals surface area contributed by atoms with Gasteiger partial charge in [0.25, 0.3) is 0 Å². The molecule has 1 nitrogen and oxygen atoms in total. The molecule has 0 atom stereocenters. The summed E-state index contributed by atoms with van der Waals surface area (Å²) in [6.45, 7) is 1.98. The fraction of sp³-hybridized carbons (Fsp3) is 0.600. The number of hydrogen-bond donors (Lipinski definition) is 0. The first-order chi connectivity index (χ1) is 3.55. The highest BCUT2D eigenvalue weighted by atomic mass is 127. The summed E-state index contributed by atoms with van der Waals surface area (Å²) < 4.78 is 1.12. The van der Waals surface area contributed by atoms with Crippen LogP contribution in [0.5, 0.6) is 0 Å². The third kappa shape index (κ3) is 2.77. The van der Waals surface area contributed by atoms with Crippen LogP contribution in [0.1, 0.15) is 6.92 Å². The van der Waals surface area contributed by atoms with E-state index in [2.05, 4.69) is 22.6 Å². The fourth-order valence-corrected chi connectivity index (χ4v) is 0.791. The highest BCUT2D eigenvalue weighted by Crippen LogP contribution is 2.16. The van der Waals surface area contributed by atoms with Crippen molar-refractivity contribution in [3.63, 3.8) is 0 Å². The van der Waals surface area contributed by atoms with Crippen LogP contribution in [0.4, 0.5) is 0 Å². The first-order valence-corrected chi connectivity index (χ1v) is 3.70. The Morgan fingerprint density at radius 2 is 1.88 bits per heavy atom. The zero-order valence-electron chi connectivity index (χ0n) is 5.20. The summed E-state index contributed by atoms with van der Waals surface area (Å²) in [5, 5.41) is 0.811. The van der Waals surface area contributed by atoms with Gasteiger partial charge in [-0.05, 0) is 29.5 Å². The number of allylic oxidation sites excluding steroid dienone is 1. The topological polar surface area (TPSA) is 3.24 Å². The number of hydrogen-bond acceptors (Lipinski definition) is 1. The summed E-state index contributed by atoms with van der Waals surface area (Å²) in [5.74, 6) is 0. The van der Waals surface area contributed by atoms with Crippen molar-refractivity contribution in [1.82, 2.24) is 4.90 Å². The Labute approximate surface area is 68.8 Å². The first kappa shape index (κ1) is 8.56. The molecule has 0 fully saturated rings. The molecule has 0 aromatic heterocycles. The summed E-state index contributed by atoms with van der Waals surface area (Å²) >= 11 is 7.94. The Balaban J connectivity index is 4.00. The van der Waals surface area contributed by atoms with Gasteiger partial charge < -0.3 is 4.90 Å². The minimum Gasteiger partial charge on any atom is -0.368 e. The Kier molecular flexibility index (Phi) is 3.81. The lowest BCUT2D eigenvalue weighted by atomic mass is 10.6. The van der Waals surface area contributed by atoms with Crippen molar-refractivity contribution in [3.05, 3.63) is 8.74 Å². The van der Waals surface area contributed by atoms with Crippen LogP contribution in [0, 0.1) is 0 Å². The van der Waals surface area contributed by atoms with Crippen LogP contribution < -0.4 is 0 Å². The molecule has 0 aromatic carbocycles. The van der Waals surface area contributed by atoms with Gasteiger partial charge in [0, 0.05) is 17.7 Å². The molecule has 0 saturated heterocycles. The van der Waals surface area contributed by atoms with E-state index in [-0.39, 0.29) is 0 Å². The van der Waals surface area contributed by atoms with Gasteiger partial charge in [0.15, 0.2) is 0 Å². The molecule has 0 aliphatic carbocycles. The highest BCUT2D eigenvalue weighted by molar-refractivity contribution is 14.1. The van der Waals surface area contributed by atoms with E-state index in [1.54, 1.807) is 0 Å². The molecule has 0 radical (unpaired) electrons. The van der Waals surface area contributed by atoms with Crippen LogP contribution in [0.15, 0.2) is 8.74 Å². The standard InChI is InChI=1S/C5H9ClIN/c1-4(7)5(6)8(2)3/h1-3H3/b5-4+. The van der Waals surface area contributed by atoms with Crippen LogP contribution in [-0.4, -0.2) is 19.0 Å². The molecule has 0 bridgehead atoms. The van der Waals surface area contributed by atoms with Crippen molar-refractivity contribution in [3.8, 4) is 0 Å². The molecule has 0 amide bonds. The second kappa shape index (κ2) is 3.56. The molecule has 0 spiro atoms. The maximum absolute atomic E-state index is 5.75. The van der Waals surface area contributed by atoms with E-state index in [9.17, 15) is 0 Å². The monoisotopic (exact) mass is 245 g/mol. The van der Waals surface area contributed by atoms with Gasteiger partial charge in [0.05, 0.1) is 0 Å². The molecule has 0 rings (SSSR count). The molecule has 0 N–H and O–H groups in total. The maximum atomic E-state index is 5.75. The Hall–Kier alpha value is 0.560. The van der Waals surface area contributed by atoms with Gasteiger partial charge in [-0.3, -0.25) is 0 Å². The fourth-order valence-electron chi connectivity index (χ4n) is 0.308. The highest BCUT2D eigenvalue weighted by Gasteiger charge is 1.95. The van der Waals surface area contributed by atoms with Crippen molar-refractivity contribution in [2.75, 3.05) is 14.1 Å². The quantitative estimate of drug-likeness (QED) is 0.506. The summed E-state index contributed by atoms with van der Waals surface area (Å²) in [6.07, 6.45) is 0. The molecule has 0 aliphatic heterocycles. The largest absolute Gasteiger partial charge is 0.368 e. The van der Waals surface area contributed by atoms with Crippen molar-refractivity contribution in [2.24, 2.45) is 0 Å². The minimum absolute atomic E-state index is 0.811. The molecular formula is C5H9ClIN. The van der Waals surface area contributed by atoms with Crippen LogP contribution in [0.25, 0.3) is 0 Å². The Morgan fingerprint density at radius 1 is 1.50 bits per heavy atom. The van der Waals surface area contributed by atoms with Crippen LogP contribution in [-0.2, 0) is 0 Å². The van der Waals surface area contributed by atoms with E-state index < -0.39 is 0 Å². The zero-order valence-corrected chi connectivity index (χ0v) is 8.12. The number of halogens is 2. The second-order valence-electron chi connectivity index (χ2n) is 1.72. The van der Waals surface area contributed by atoms with Crippen molar-refractivity contribution < 1.29 is 0 Å². The Bertz CT molecular complexity index is 105. The normalized spacial score (nSPS) is 13.1. The molecule has 0 aromatic rings. The average molecular weight is 245 g/mol. The summed E-state index contributed by atoms with van der Waals surface area (Å²) in [7, 11) is 3.84. The summed E-state index contributed by atoms with van der Waals surface area (Å²) in [5.41, 5.74) is 0. The van der Waals surface area contributed by atoms with Gasteiger partial charge in [0.2, 0.25) is 0 Å². The second-order valence-corrected chi connectivity index (χ2v) is 3.69. The predicted octanol–water partition coefficient (Wildman–Crippen LogP) is 2.41. The number of nitrogens with zero attached hydrogens (tertiary/aromatic N) is 1. The molecule has 3 heteroatoms. The zero-order chi connectivity index (χ0) is 6.73. The smallest absolute Gasteiger partial charge is 0.113 e. The van der Waals surface area contributed by atoms with Crippen LogP contribution in [0.3, 0.4) is 0 Å². The lowest BCUT2D eigenvalue weighted by Gasteiger charge is -2.10. The molecule has 0 saturated carbocycles. The molecule has 0 aliphatic rings. The van der Waals surface area contributed by atoms with Crippen molar-refractivity contribution >= 4 is 34.2 Å². The van der Waals surface area contributed by atoms with Gasteiger partial charge in [0.1, 0.15) is 5.16 Å². The maximum Gasteiger partial charge on any atom is 0.113 e. The average Bonchev–Trinajstić information content (AvgIpc) is 1.64. The molecule has 8 heavy (non-hydrogen) atoms. The number of rotatable bonds is 1. The van der Waals surface area contributed by atoms with Gasteiger partial charge in [-0.25, -0.2) is 0 Å². The lowest BCUT2D eigenvalue weighted by molar-refractivity contribution is 0.545. The van der Waals surface area contributed by atoms with Crippen molar-refractivity contribution in [1.29, 1.82) is 0 Å². The van der Waals surface area contributed by atoms with E-state index in [0.29, 0.717) is 0 Å². The minimum atomic E-state index is 0.811. The van der Waals surface area contributed by atoms with E-state index in [0.717, 1.165) is 8.74 Å². The molecular weight excluding hydrogens is 236 g/mol. The predicted molar refractivity (Wildman–Crippen MR) is 46.3 cm³/mol. The first-order valence-electron chi connectivity index (χ1n) is 2.25. The molecule has 0 unspecified atom stereocenters. The van der Waals surface area contributed by atoms with Gasteiger partial charge >= 0.3 is 0 Å². The van der Waals surface area contributed by atoms with Gasteiger partial charge in [-0.15, -0.1) is 0 Å². The van der Waals surface area contributed by atoms with E-state index in [4.69, 9.17) is 11.6 Å². The van der Waals surface area contributed by atoms with E-state index in [1.165, 1.54) is 0 Å². The lowest BCUT2D eigenvalue weighted by Crippen LogP contribution is -2.06. The summed E-state index contributed by atoms with van der Waals surface area (Å²) in [6, 6.07) is 0. The SMILES string of the molecule is C/C(I)=C(/Cl)N(C)C. The van der Waals surface area contributed by atoms with Crippen molar-refractivity contribution in [2.45, 2.75) is 6.92 Å². The molecule has 48 valence electrons.